The Labute approximate surface area is 81.3 Å². The fourth-order valence-corrected chi connectivity index (χ4v) is 2.10. The summed E-state index contributed by atoms with van der Waals surface area (Å²) in [5.41, 5.74) is 0. The van der Waals surface area contributed by atoms with E-state index < -0.39 is 0 Å². The van der Waals surface area contributed by atoms with Crippen LogP contribution in [0.3, 0.4) is 0 Å². The third-order valence-electron chi connectivity index (χ3n) is 3.10. The van der Waals surface area contributed by atoms with Gasteiger partial charge in [0.25, 0.3) is 0 Å². The van der Waals surface area contributed by atoms with Crippen molar-refractivity contribution in [1.29, 1.82) is 0 Å². The van der Waals surface area contributed by atoms with Crippen LogP contribution < -0.4 is 0 Å². The predicted octanol–water partition coefficient (Wildman–Crippen LogP) is 2.09. The SMILES string of the molecule is CCCC(C)N1CCC(C=O)CC1. The van der Waals surface area contributed by atoms with Gasteiger partial charge in [0.1, 0.15) is 6.29 Å². The van der Waals surface area contributed by atoms with Crippen molar-refractivity contribution >= 4 is 6.29 Å². The third-order valence-corrected chi connectivity index (χ3v) is 3.10. The van der Waals surface area contributed by atoms with E-state index in [0.29, 0.717) is 12.0 Å². The second-order valence-electron chi connectivity index (χ2n) is 4.15. The van der Waals surface area contributed by atoms with Crippen LogP contribution in [0.25, 0.3) is 0 Å². The minimum absolute atomic E-state index is 0.338. The summed E-state index contributed by atoms with van der Waals surface area (Å²) in [4.78, 5) is 13.1. The molecule has 0 radical (unpaired) electrons. The van der Waals surface area contributed by atoms with Crippen LogP contribution in [-0.2, 0) is 4.79 Å². The van der Waals surface area contributed by atoms with Crippen molar-refractivity contribution in [3.05, 3.63) is 0 Å². The van der Waals surface area contributed by atoms with Gasteiger partial charge in [-0.05, 0) is 39.3 Å². The lowest BCUT2D eigenvalue weighted by atomic mass is 9.97. The lowest BCUT2D eigenvalue weighted by Crippen LogP contribution is -2.40. The van der Waals surface area contributed by atoms with Crippen LogP contribution in [-0.4, -0.2) is 30.3 Å². The molecule has 0 aromatic heterocycles. The minimum Gasteiger partial charge on any atom is -0.303 e. The summed E-state index contributed by atoms with van der Waals surface area (Å²) in [6.45, 7) is 6.76. The van der Waals surface area contributed by atoms with Gasteiger partial charge < -0.3 is 9.69 Å². The van der Waals surface area contributed by atoms with Crippen molar-refractivity contribution in [1.82, 2.24) is 4.90 Å². The topological polar surface area (TPSA) is 20.3 Å². The smallest absolute Gasteiger partial charge is 0.123 e. The van der Waals surface area contributed by atoms with E-state index in [1.54, 1.807) is 0 Å². The molecular formula is C11H21NO. The number of aldehydes is 1. The summed E-state index contributed by atoms with van der Waals surface area (Å²) in [5, 5.41) is 0. The summed E-state index contributed by atoms with van der Waals surface area (Å²) in [5.74, 6) is 0.338. The average Bonchev–Trinajstić information content (AvgIpc) is 2.18. The van der Waals surface area contributed by atoms with Crippen molar-refractivity contribution in [2.75, 3.05) is 13.1 Å². The second-order valence-corrected chi connectivity index (χ2v) is 4.15. The highest BCUT2D eigenvalue weighted by Gasteiger charge is 2.21. The van der Waals surface area contributed by atoms with Gasteiger partial charge in [0.15, 0.2) is 0 Å². The standard InChI is InChI=1S/C11H21NO/c1-3-4-10(2)12-7-5-11(9-13)6-8-12/h9-11H,3-8H2,1-2H3. The Morgan fingerprint density at radius 2 is 2.08 bits per heavy atom. The lowest BCUT2D eigenvalue weighted by Gasteiger charge is -2.34. The molecule has 1 unspecified atom stereocenters. The monoisotopic (exact) mass is 183 g/mol. The molecule has 1 saturated heterocycles. The maximum Gasteiger partial charge on any atom is 0.123 e. The third kappa shape index (κ3) is 3.11. The fraction of sp³-hybridized carbons (Fsp3) is 0.909. The molecule has 0 N–H and O–H groups in total. The first kappa shape index (κ1) is 10.7. The first-order chi connectivity index (χ1) is 6.27. The molecule has 1 heterocycles. The Morgan fingerprint density at radius 1 is 1.46 bits per heavy atom. The predicted molar refractivity (Wildman–Crippen MR) is 54.7 cm³/mol. The van der Waals surface area contributed by atoms with Gasteiger partial charge in [0, 0.05) is 12.0 Å². The van der Waals surface area contributed by atoms with Crippen LogP contribution in [0.5, 0.6) is 0 Å². The van der Waals surface area contributed by atoms with Crippen molar-refractivity contribution in [2.45, 2.75) is 45.6 Å². The number of hydrogen-bond acceptors (Lipinski definition) is 2. The van der Waals surface area contributed by atoms with Crippen LogP contribution in [0.2, 0.25) is 0 Å². The Kier molecular flexibility index (Phi) is 4.43. The molecule has 2 nitrogen and oxygen atoms in total. The Hall–Kier alpha value is -0.370. The molecule has 13 heavy (non-hydrogen) atoms. The van der Waals surface area contributed by atoms with Gasteiger partial charge in [0.2, 0.25) is 0 Å². The zero-order valence-corrected chi connectivity index (χ0v) is 8.83. The fourth-order valence-electron chi connectivity index (χ4n) is 2.10. The molecule has 1 rings (SSSR count). The maximum atomic E-state index is 10.5. The lowest BCUT2D eigenvalue weighted by molar-refractivity contribution is -0.112. The molecule has 0 amide bonds. The van der Waals surface area contributed by atoms with Gasteiger partial charge in [-0.1, -0.05) is 13.3 Å². The van der Waals surface area contributed by atoms with E-state index in [-0.39, 0.29) is 0 Å². The van der Waals surface area contributed by atoms with Crippen LogP contribution in [0, 0.1) is 5.92 Å². The summed E-state index contributed by atoms with van der Waals surface area (Å²) >= 11 is 0. The van der Waals surface area contributed by atoms with Crippen molar-refractivity contribution < 1.29 is 4.79 Å². The largest absolute Gasteiger partial charge is 0.303 e. The van der Waals surface area contributed by atoms with Gasteiger partial charge in [-0.15, -0.1) is 0 Å². The highest BCUT2D eigenvalue weighted by Crippen LogP contribution is 2.18. The van der Waals surface area contributed by atoms with E-state index in [9.17, 15) is 4.79 Å². The van der Waals surface area contributed by atoms with Crippen molar-refractivity contribution in [2.24, 2.45) is 5.92 Å². The maximum absolute atomic E-state index is 10.5. The van der Waals surface area contributed by atoms with Gasteiger partial charge in [-0.2, -0.15) is 0 Å². The van der Waals surface area contributed by atoms with Crippen LogP contribution >= 0.6 is 0 Å². The van der Waals surface area contributed by atoms with Crippen LogP contribution in [0.1, 0.15) is 39.5 Å². The zero-order valence-electron chi connectivity index (χ0n) is 8.83. The molecule has 0 spiro atoms. The summed E-state index contributed by atoms with van der Waals surface area (Å²) < 4.78 is 0. The molecular weight excluding hydrogens is 162 g/mol. The van der Waals surface area contributed by atoms with Crippen molar-refractivity contribution in [3.63, 3.8) is 0 Å². The van der Waals surface area contributed by atoms with Gasteiger partial charge >= 0.3 is 0 Å². The van der Waals surface area contributed by atoms with E-state index in [0.717, 1.165) is 32.2 Å². The van der Waals surface area contributed by atoms with Crippen molar-refractivity contribution in [3.8, 4) is 0 Å². The number of carbonyl (C=O) groups excluding carboxylic acids is 1. The molecule has 1 fully saturated rings. The first-order valence-electron chi connectivity index (χ1n) is 5.47. The number of rotatable bonds is 4. The molecule has 0 bridgehead atoms. The number of hydrogen-bond donors (Lipinski definition) is 0. The molecule has 0 aromatic rings. The van der Waals surface area contributed by atoms with E-state index >= 15 is 0 Å². The summed E-state index contributed by atoms with van der Waals surface area (Å²) in [7, 11) is 0. The van der Waals surface area contributed by atoms with E-state index in [1.165, 1.54) is 12.8 Å². The molecule has 2 heteroatoms. The first-order valence-corrected chi connectivity index (χ1v) is 5.47. The Bertz CT molecular complexity index is 150. The molecule has 1 aliphatic rings. The minimum atomic E-state index is 0.338. The van der Waals surface area contributed by atoms with E-state index in [1.807, 2.05) is 0 Å². The highest BCUT2D eigenvalue weighted by atomic mass is 16.1. The quantitative estimate of drug-likeness (QED) is 0.622. The summed E-state index contributed by atoms with van der Waals surface area (Å²) in [6.07, 6.45) is 5.80. The highest BCUT2D eigenvalue weighted by molar-refractivity contribution is 5.53. The van der Waals surface area contributed by atoms with Gasteiger partial charge in [-0.3, -0.25) is 0 Å². The van der Waals surface area contributed by atoms with E-state index in [2.05, 4.69) is 18.7 Å². The number of nitrogens with zero attached hydrogens (tertiary/aromatic N) is 1. The summed E-state index contributed by atoms with van der Waals surface area (Å²) in [6, 6.07) is 0.706. The van der Waals surface area contributed by atoms with Gasteiger partial charge in [-0.25, -0.2) is 0 Å². The normalized spacial score (nSPS) is 22.9. The Balaban J connectivity index is 2.27. The second kappa shape index (κ2) is 5.38. The average molecular weight is 183 g/mol. The molecule has 0 aliphatic carbocycles. The molecule has 76 valence electrons. The number of likely N-dealkylation sites (tertiary alicyclic amines) is 1. The zero-order chi connectivity index (χ0) is 9.68. The molecule has 0 saturated carbocycles. The number of piperidine rings is 1. The molecule has 0 aromatic carbocycles. The molecule has 1 aliphatic heterocycles. The van der Waals surface area contributed by atoms with Crippen LogP contribution in [0.4, 0.5) is 0 Å². The number of carbonyl (C=O) groups is 1. The van der Waals surface area contributed by atoms with Crippen LogP contribution in [0.15, 0.2) is 0 Å². The molecule has 1 atom stereocenters. The van der Waals surface area contributed by atoms with E-state index in [4.69, 9.17) is 0 Å². The van der Waals surface area contributed by atoms with Gasteiger partial charge in [0.05, 0.1) is 0 Å². The Morgan fingerprint density at radius 3 is 2.54 bits per heavy atom.